The maximum Gasteiger partial charge on any atom is 0.271 e. The van der Waals surface area contributed by atoms with Crippen molar-refractivity contribution < 1.29 is 13.2 Å². The Balaban J connectivity index is 0.00000243. The molecule has 1 aliphatic carbocycles. The lowest BCUT2D eigenvalue weighted by Crippen LogP contribution is -2.39. The third kappa shape index (κ3) is 4.76. The van der Waals surface area contributed by atoms with Gasteiger partial charge in [-0.1, -0.05) is 18.6 Å². The molecule has 1 aromatic carbocycles. The summed E-state index contributed by atoms with van der Waals surface area (Å²) in [7, 11) is -3.63. The van der Waals surface area contributed by atoms with Crippen LogP contribution in [-0.4, -0.2) is 26.9 Å². The largest absolute Gasteiger partial charge is 0.349 e. The summed E-state index contributed by atoms with van der Waals surface area (Å²) in [6.07, 6.45) is 3.02. The normalized spacial score (nSPS) is 19.6. The van der Waals surface area contributed by atoms with Gasteiger partial charge in [0.1, 0.15) is 4.21 Å². The van der Waals surface area contributed by atoms with Crippen molar-refractivity contribution in [2.45, 2.75) is 29.5 Å². The first kappa shape index (κ1) is 20.7. The second-order valence-corrected chi connectivity index (χ2v) is 8.98. The molecule has 0 radical (unpaired) electrons. The van der Waals surface area contributed by atoms with Crippen molar-refractivity contribution in [1.29, 1.82) is 0 Å². The number of amides is 1. The number of hydrogen-bond acceptors (Lipinski definition) is 5. The van der Waals surface area contributed by atoms with Gasteiger partial charge in [-0.05, 0) is 54.9 Å². The Morgan fingerprint density at radius 1 is 1.23 bits per heavy atom. The second kappa shape index (κ2) is 8.85. The number of halogens is 1. The van der Waals surface area contributed by atoms with Gasteiger partial charge in [-0.2, -0.15) is 0 Å². The Bertz CT molecular complexity index is 841. The second-order valence-electron chi connectivity index (χ2n) is 6.13. The van der Waals surface area contributed by atoms with Gasteiger partial charge >= 0.3 is 0 Å². The summed E-state index contributed by atoms with van der Waals surface area (Å²) in [5.41, 5.74) is 6.54. The van der Waals surface area contributed by atoms with Crippen LogP contribution >= 0.6 is 23.7 Å². The smallest absolute Gasteiger partial charge is 0.271 e. The average molecular weight is 416 g/mol. The molecule has 1 aromatic heterocycles. The van der Waals surface area contributed by atoms with Crippen molar-refractivity contribution in [3.63, 3.8) is 0 Å². The maximum absolute atomic E-state index is 12.5. The van der Waals surface area contributed by atoms with Crippen LogP contribution in [0.5, 0.6) is 0 Å². The third-order valence-electron chi connectivity index (χ3n) is 4.42. The van der Waals surface area contributed by atoms with Crippen molar-refractivity contribution in [1.82, 2.24) is 5.32 Å². The molecule has 2 aromatic rings. The van der Waals surface area contributed by atoms with Crippen LogP contribution < -0.4 is 15.8 Å². The number of nitrogens with two attached hydrogens (primary N) is 1. The summed E-state index contributed by atoms with van der Waals surface area (Å²) < 4.78 is 27.3. The molecule has 1 saturated carbocycles. The lowest BCUT2D eigenvalue weighted by atomic mass is 10.0. The van der Waals surface area contributed by atoms with E-state index in [0.29, 0.717) is 23.7 Å². The predicted octanol–water partition coefficient (Wildman–Crippen LogP) is 2.83. The molecule has 1 aliphatic rings. The highest BCUT2D eigenvalue weighted by atomic mass is 35.5. The number of rotatable bonds is 6. The Morgan fingerprint density at radius 3 is 2.73 bits per heavy atom. The highest BCUT2D eigenvalue weighted by Crippen LogP contribution is 2.25. The quantitative estimate of drug-likeness (QED) is 0.675. The van der Waals surface area contributed by atoms with Crippen LogP contribution in [0.15, 0.2) is 46.0 Å². The lowest BCUT2D eigenvalue weighted by molar-refractivity contribution is 0.0929. The summed E-state index contributed by atoms with van der Waals surface area (Å²) in [5.74, 6) is 0.104. The zero-order valence-electron chi connectivity index (χ0n) is 14.1. The Labute approximate surface area is 163 Å². The standard InChI is InChI=1S/C17H21N3O3S2.ClH/c18-11-13-5-2-7-15(13)19-17(21)12-4-1-6-14(10-12)20-25(22,23)16-8-3-9-24-16;/h1,3-4,6,8-10,13,15,20H,2,5,7,11,18H2,(H,19,21);1H. The zero-order chi connectivity index (χ0) is 17.9. The molecule has 9 heteroatoms. The number of sulfonamides is 1. The lowest BCUT2D eigenvalue weighted by Gasteiger charge is -2.19. The van der Waals surface area contributed by atoms with E-state index in [9.17, 15) is 13.2 Å². The van der Waals surface area contributed by atoms with Crippen molar-refractivity contribution in [3.05, 3.63) is 47.3 Å². The van der Waals surface area contributed by atoms with Gasteiger partial charge in [0.05, 0.1) is 0 Å². The van der Waals surface area contributed by atoms with E-state index in [0.717, 1.165) is 30.6 Å². The maximum atomic E-state index is 12.5. The van der Waals surface area contributed by atoms with Gasteiger partial charge in [-0.15, -0.1) is 23.7 Å². The molecule has 2 atom stereocenters. The summed E-state index contributed by atoms with van der Waals surface area (Å²) in [6.45, 7) is 0.561. The Hall–Kier alpha value is -1.61. The van der Waals surface area contributed by atoms with Gasteiger partial charge in [0.25, 0.3) is 15.9 Å². The fraction of sp³-hybridized carbons (Fsp3) is 0.353. The van der Waals surface area contributed by atoms with Gasteiger partial charge in [-0.25, -0.2) is 8.42 Å². The number of carbonyl (C=O) groups excluding carboxylic acids is 1. The number of carbonyl (C=O) groups is 1. The minimum atomic E-state index is -3.63. The molecule has 0 bridgehead atoms. The number of thiophene rings is 1. The summed E-state index contributed by atoms with van der Waals surface area (Å²) in [6, 6.07) is 9.81. The first-order valence-corrected chi connectivity index (χ1v) is 10.5. The molecule has 0 aliphatic heterocycles. The van der Waals surface area contributed by atoms with Crippen molar-refractivity contribution >= 4 is 45.4 Å². The molecule has 0 spiro atoms. The van der Waals surface area contributed by atoms with E-state index < -0.39 is 10.0 Å². The molecular formula is C17H22ClN3O3S2. The number of benzene rings is 1. The minimum absolute atomic E-state index is 0. The van der Waals surface area contributed by atoms with Gasteiger partial charge in [0, 0.05) is 17.3 Å². The molecule has 6 nitrogen and oxygen atoms in total. The highest BCUT2D eigenvalue weighted by Gasteiger charge is 2.27. The van der Waals surface area contributed by atoms with Crippen molar-refractivity contribution in [2.24, 2.45) is 11.7 Å². The van der Waals surface area contributed by atoms with Crippen molar-refractivity contribution in [2.75, 3.05) is 11.3 Å². The average Bonchev–Trinajstić information content (AvgIpc) is 3.26. The zero-order valence-corrected chi connectivity index (χ0v) is 16.5. The topological polar surface area (TPSA) is 101 Å². The molecule has 2 unspecified atom stereocenters. The molecule has 3 rings (SSSR count). The molecule has 4 N–H and O–H groups in total. The van der Waals surface area contributed by atoms with E-state index >= 15 is 0 Å². The number of hydrogen-bond donors (Lipinski definition) is 3. The molecule has 0 saturated heterocycles. The van der Waals surface area contributed by atoms with E-state index in [1.165, 1.54) is 6.07 Å². The first-order chi connectivity index (χ1) is 12.0. The van der Waals surface area contributed by atoms with Crippen LogP contribution in [0.25, 0.3) is 0 Å². The van der Waals surface area contributed by atoms with E-state index in [2.05, 4.69) is 10.0 Å². The van der Waals surface area contributed by atoms with Crippen LogP contribution in [0.4, 0.5) is 5.69 Å². The first-order valence-electron chi connectivity index (χ1n) is 8.17. The molecule has 26 heavy (non-hydrogen) atoms. The Morgan fingerprint density at radius 2 is 2.04 bits per heavy atom. The summed E-state index contributed by atoms with van der Waals surface area (Å²) in [4.78, 5) is 12.5. The fourth-order valence-electron chi connectivity index (χ4n) is 3.11. The van der Waals surface area contributed by atoms with E-state index in [1.54, 1.807) is 35.7 Å². The summed E-state index contributed by atoms with van der Waals surface area (Å²) >= 11 is 1.14. The third-order valence-corrected chi connectivity index (χ3v) is 7.19. The van der Waals surface area contributed by atoms with Crippen molar-refractivity contribution in [3.8, 4) is 0 Å². The predicted molar refractivity (Wildman–Crippen MR) is 106 cm³/mol. The molecule has 1 amide bonds. The molecule has 1 heterocycles. The SMILES string of the molecule is Cl.NCC1CCCC1NC(=O)c1cccc(NS(=O)(=O)c2cccs2)c1. The van der Waals surface area contributed by atoms with Crippen LogP contribution in [0, 0.1) is 5.92 Å². The van der Waals surface area contributed by atoms with E-state index in [1.807, 2.05) is 0 Å². The van der Waals surface area contributed by atoms with Gasteiger partial charge < -0.3 is 11.1 Å². The van der Waals surface area contributed by atoms with E-state index in [4.69, 9.17) is 5.73 Å². The fourth-order valence-corrected chi connectivity index (χ4v) is 5.15. The van der Waals surface area contributed by atoms with E-state index in [-0.39, 0.29) is 28.6 Å². The van der Waals surface area contributed by atoms with Gasteiger partial charge in [0.15, 0.2) is 0 Å². The van der Waals surface area contributed by atoms with Gasteiger partial charge in [-0.3, -0.25) is 9.52 Å². The highest BCUT2D eigenvalue weighted by molar-refractivity contribution is 7.94. The van der Waals surface area contributed by atoms with Crippen LogP contribution in [-0.2, 0) is 10.0 Å². The molecule has 1 fully saturated rings. The minimum Gasteiger partial charge on any atom is -0.349 e. The van der Waals surface area contributed by atoms with Crippen LogP contribution in [0.2, 0.25) is 0 Å². The monoisotopic (exact) mass is 415 g/mol. The molecule has 142 valence electrons. The number of anilines is 1. The van der Waals surface area contributed by atoms with Gasteiger partial charge in [0.2, 0.25) is 0 Å². The van der Waals surface area contributed by atoms with Crippen LogP contribution in [0.3, 0.4) is 0 Å². The molecular weight excluding hydrogens is 394 g/mol. The summed E-state index contributed by atoms with van der Waals surface area (Å²) in [5, 5.41) is 4.72. The Kier molecular flexibility index (Phi) is 7.05. The van der Waals surface area contributed by atoms with Crippen LogP contribution in [0.1, 0.15) is 29.6 Å². The number of nitrogens with one attached hydrogen (secondary N) is 2.